The van der Waals surface area contributed by atoms with Crippen LogP contribution in [0.3, 0.4) is 0 Å². The van der Waals surface area contributed by atoms with Gasteiger partial charge >= 0.3 is 12.1 Å². The van der Waals surface area contributed by atoms with Crippen LogP contribution in [0.5, 0.6) is 0 Å². The third-order valence-corrected chi connectivity index (χ3v) is 4.56. The van der Waals surface area contributed by atoms with Crippen LogP contribution in [0, 0.1) is 0 Å². The molecule has 0 aliphatic heterocycles. The van der Waals surface area contributed by atoms with E-state index < -0.39 is 42.0 Å². The molecule has 9 nitrogen and oxygen atoms in total. The molecule has 0 aliphatic carbocycles. The van der Waals surface area contributed by atoms with Gasteiger partial charge in [-0.15, -0.1) is 0 Å². The highest BCUT2D eigenvalue weighted by molar-refractivity contribution is 7.98. The second-order valence-electron chi connectivity index (χ2n) is 6.34. The number of carbonyl (C=O) groups excluding carboxylic acids is 3. The van der Waals surface area contributed by atoms with E-state index in [-0.39, 0.29) is 6.61 Å². The average Bonchev–Trinajstić information content (AvgIpc) is 2.69. The molecule has 1 unspecified atom stereocenters. The number of carboxylic acids is 1. The molecule has 3 amide bonds. The number of carboxylic acid groups (broad SMARTS) is 1. The van der Waals surface area contributed by atoms with E-state index in [0.717, 1.165) is 5.56 Å². The zero-order valence-electron chi connectivity index (χ0n) is 16.6. The number of rotatable bonds is 11. The Labute approximate surface area is 174 Å². The Kier molecular flexibility index (Phi) is 10.6. The van der Waals surface area contributed by atoms with Gasteiger partial charge in [0.15, 0.2) is 0 Å². The zero-order chi connectivity index (χ0) is 21.8. The lowest BCUT2D eigenvalue weighted by molar-refractivity contribution is -0.141. The minimum atomic E-state index is -1.18. The lowest BCUT2D eigenvalue weighted by Crippen LogP contribution is -2.54. The van der Waals surface area contributed by atoms with Gasteiger partial charge in [-0.05, 0) is 37.8 Å². The quantitative estimate of drug-likeness (QED) is 0.417. The number of benzene rings is 1. The van der Waals surface area contributed by atoms with Crippen molar-refractivity contribution in [3.05, 3.63) is 35.9 Å². The van der Waals surface area contributed by atoms with E-state index in [0.29, 0.717) is 12.2 Å². The summed E-state index contributed by atoms with van der Waals surface area (Å²) in [6.07, 6.45) is 1.46. The number of carbonyl (C=O) groups is 4. The summed E-state index contributed by atoms with van der Waals surface area (Å²) in [6, 6.07) is 6.17. The lowest BCUT2D eigenvalue weighted by Gasteiger charge is -2.21. The molecule has 0 spiro atoms. The van der Waals surface area contributed by atoms with E-state index in [1.54, 1.807) is 0 Å². The first-order valence-corrected chi connectivity index (χ1v) is 10.4. The Hall–Kier alpha value is -2.75. The molecule has 0 bridgehead atoms. The van der Waals surface area contributed by atoms with Gasteiger partial charge in [0.2, 0.25) is 11.8 Å². The van der Waals surface area contributed by atoms with Crippen molar-refractivity contribution in [3.63, 3.8) is 0 Å². The normalized spacial score (nSPS) is 13.5. The number of nitrogens with one attached hydrogen (secondary N) is 3. The number of hydrogen-bond acceptors (Lipinski definition) is 6. The monoisotopic (exact) mass is 425 g/mol. The first-order valence-electron chi connectivity index (χ1n) is 9.04. The molecule has 10 heteroatoms. The van der Waals surface area contributed by atoms with E-state index in [1.165, 1.54) is 25.6 Å². The Morgan fingerprint density at radius 2 is 1.62 bits per heavy atom. The van der Waals surface area contributed by atoms with E-state index in [1.807, 2.05) is 36.6 Å². The topological polar surface area (TPSA) is 134 Å². The van der Waals surface area contributed by atoms with E-state index in [9.17, 15) is 19.2 Å². The summed E-state index contributed by atoms with van der Waals surface area (Å²) in [5.41, 5.74) is 0.811. The molecule has 1 aromatic rings. The van der Waals surface area contributed by atoms with Crippen molar-refractivity contribution < 1.29 is 29.0 Å². The van der Waals surface area contributed by atoms with Crippen LogP contribution in [0.4, 0.5) is 4.79 Å². The number of thioether (sulfide) groups is 1. The maximum atomic E-state index is 12.5. The fourth-order valence-corrected chi connectivity index (χ4v) is 2.66. The van der Waals surface area contributed by atoms with E-state index in [2.05, 4.69) is 16.0 Å². The minimum absolute atomic E-state index is 0.0649. The van der Waals surface area contributed by atoms with Crippen molar-refractivity contribution in [2.75, 3.05) is 12.0 Å². The number of ether oxygens (including phenoxy) is 1. The molecule has 0 aromatic heterocycles. The van der Waals surface area contributed by atoms with Gasteiger partial charge in [-0.3, -0.25) is 14.4 Å². The summed E-state index contributed by atoms with van der Waals surface area (Å²) in [7, 11) is 0. The predicted octanol–water partition coefficient (Wildman–Crippen LogP) is 1.13. The van der Waals surface area contributed by atoms with Crippen molar-refractivity contribution in [1.29, 1.82) is 0 Å². The summed E-state index contributed by atoms with van der Waals surface area (Å²) in [5, 5.41) is 16.1. The van der Waals surface area contributed by atoms with Gasteiger partial charge in [-0.2, -0.15) is 11.8 Å². The molecule has 0 heterocycles. The maximum absolute atomic E-state index is 12.5. The number of aliphatic carboxylic acids is 1. The highest BCUT2D eigenvalue weighted by atomic mass is 32.2. The molecule has 0 saturated heterocycles. The number of hydrogen-bond donors (Lipinski definition) is 4. The molecule has 0 saturated carbocycles. The summed E-state index contributed by atoms with van der Waals surface area (Å²) >= 11 is 1.50. The Bertz CT molecular complexity index is 700. The molecule has 29 heavy (non-hydrogen) atoms. The van der Waals surface area contributed by atoms with Gasteiger partial charge in [0.1, 0.15) is 24.7 Å². The van der Waals surface area contributed by atoms with Crippen LogP contribution < -0.4 is 16.0 Å². The molecule has 160 valence electrons. The first kappa shape index (κ1) is 24.3. The summed E-state index contributed by atoms with van der Waals surface area (Å²) < 4.78 is 5.14. The Morgan fingerprint density at radius 1 is 1.00 bits per heavy atom. The molecule has 1 aromatic carbocycles. The van der Waals surface area contributed by atoms with Crippen molar-refractivity contribution in [1.82, 2.24) is 16.0 Å². The third kappa shape index (κ3) is 9.33. The second-order valence-corrected chi connectivity index (χ2v) is 7.32. The molecular formula is C19H27N3O6S. The SMILES string of the molecule is CSCC[C@H](NC(=O)OCc1ccccc1)C(=O)NC(C)C(=O)N[C@@H](C)C(=O)O. The average molecular weight is 426 g/mol. The van der Waals surface area contributed by atoms with Crippen molar-refractivity contribution in [2.24, 2.45) is 0 Å². The fourth-order valence-electron chi connectivity index (χ4n) is 2.19. The standard InChI is InChI=1S/C19H27N3O6S/c1-12(16(23)21-13(2)18(25)26)20-17(24)15(9-10-29-3)22-19(27)28-11-14-7-5-4-6-8-14/h4-8,12-13,15H,9-11H2,1-3H3,(H,20,24)(H,21,23)(H,22,27)(H,25,26)/t12?,13-,15-/m0/s1. The van der Waals surface area contributed by atoms with Crippen LogP contribution in [0.2, 0.25) is 0 Å². The Morgan fingerprint density at radius 3 is 2.21 bits per heavy atom. The molecule has 0 fully saturated rings. The number of alkyl carbamates (subject to hydrolysis) is 1. The zero-order valence-corrected chi connectivity index (χ0v) is 17.5. The van der Waals surface area contributed by atoms with Gasteiger partial charge in [0.25, 0.3) is 0 Å². The van der Waals surface area contributed by atoms with E-state index >= 15 is 0 Å². The van der Waals surface area contributed by atoms with Gasteiger partial charge < -0.3 is 25.8 Å². The van der Waals surface area contributed by atoms with Crippen LogP contribution in [0.15, 0.2) is 30.3 Å². The molecule has 3 atom stereocenters. The van der Waals surface area contributed by atoms with Gasteiger partial charge in [-0.25, -0.2) is 4.79 Å². The van der Waals surface area contributed by atoms with Crippen molar-refractivity contribution in [2.45, 2.75) is 45.0 Å². The third-order valence-electron chi connectivity index (χ3n) is 3.91. The number of amides is 3. The van der Waals surface area contributed by atoms with Crippen LogP contribution in [-0.4, -0.2) is 59.1 Å². The molecule has 4 N–H and O–H groups in total. The van der Waals surface area contributed by atoms with Crippen molar-refractivity contribution in [3.8, 4) is 0 Å². The van der Waals surface area contributed by atoms with Crippen molar-refractivity contribution >= 4 is 35.6 Å². The van der Waals surface area contributed by atoms with Crippen LogP contribution in [0.1, 0.15) is 25.8 Å². The van der Waals surface area contributed by atoms with Gasteiger partial charge in [0, 0.05) is 0 Å². The maximum Gasteiger partial charge on any atom is 0.408 e. The highest BCUT2D eigenvalue weighted by Gasteiger charge is 2.26. The van der Waals surface area contributed by atoms with E-state index in [4.69, 9.17) is 9.84 Å². The largest absolute Gasteiger partial charge is 0.480 e. The van der Waals surface area contributed by atoms with Gasteiger partial charge in [-0.1, -0.05) is 30.3 Å². The predicted molar refractivity (Wildman–Crippen MR) is 109 cm³/mol. The lowest BCUT2D eigenvalue weighted by atomic mass is 10.2. The minimum Gasteiger partial charge on any atom is -0.480 e. The fraction of sp³-hybridized carbons (Fsp3) is 0.474. The molecule has 0 aliphatic rings. The second kappa shape index (κ2) is 12.7. The van der Waals surface area contributed by atoms with Gasteiger partial charge in [0.05, 0.1) is 0 Å². The Balaban J connectivity index is 2.60. The molecule has 1 rings (SSSR count). The van der Waals surface area contributed by atoms with Crippen LogP contribution in [-0.2, 0) is 25.7 Å². The van der Waals surface area contributed by atoms with Crippen LogP contribution in [0.25, 0.3) is 0 Å². The summed E-state index contributed by atoms with van der Waals surface area (Å²) in [5.74, 6) is -1.77. The first-order chi connectivity index (χ1) is 13.7. The summed E-state index contributed by atoms with van der Waals surface area (Å²) in [6.45, 7) is 2.82. The molecular weight excluding hydrogens is 398 g/mol. The summed E-state index contributed by atoms with van der Waals surface area (Å²) in [4.78, 5) is 47.4. The highest BCUT2D eigenvalue weighted by Crippen LogP contribution is 2.04. The smallest absolute Gasteiger partial charge is 0.408 e. The van der Waals surface area contributed by atoms with Crippen LogP contribution >= 0.6 is 11.8 Å². The molecule has 0 radical (unpaired) electrons.